The van der Waals surface area contributed by atoms with Crippen LogP contribution in [0.25, 0.3) is 11.0 Å². The third-order valence-electron chi connectivity index (χ3n) is 2.73. The van der Waals surface area contributed by atoms with Crippen LogP contribution in [0.2, 0.25) is 0 Å². The molecule has 2 aromatic carbocycles. The van der Waals surface area contributed by atoms with Gasteiger partial charge in [-0.1, -0.05) is 6.07 Å². The predicted octanol–water partition coefficient (Wildman–Crippen LogP) is 3.58. The number of H-pyrrole nitrogens is 1. The van der Waals surface area contributed by atoms with Crippen LogP contribution in [0.5, 0.6) is 0 Å². The van der Waals surface area contributed by atoms with Gasteiger partial charge in [0.05, 0.1) is 16.8 Å². The first-order chi connectivity index (χ1) is 9.20. The minimum absolute atomic E-state index is 0.220. The van der Waals surface area contributed by atoms with Gasteiger partial charge in [0.25, 0.3) is 0 Å². The van der Waals surface area contributed by atoms with Crippen molar-refractivity contribution in [2.75, 3.05) is 5.73 Å². The highest BCUT2D eigenvalue weighted by atomic mass is 32.2. The third kappa shape index (κ3) is 2.71. The lowest BCUT2D eigenvalue weighted by molar-refractivity contribution is 0.624. The van der Waals surface area contributed by atoms with Crippen molar-refractivity contribution in [1.29, 1.82) is 0 Å². The van der Waals surface area contributed by atoms with E-state index in [0.29, 0.717) is 11.4 Å². The molecule has 0 fully saturated rings. The van der Waals surface area contributed by atoms with E-state index >= 15 is 0 Å². The van der Waals surface area contributed by atoms with Crippen molar-refractivity contribution < 1.29 is 4.39 Å². The van der Waals surface area contributed by atoms with Crippen molar-refractivity contribution in [3.05, 3.63) is 54.1 Å². The van der Waals surface area contributed by atoms with E-state index in [4.69, 9.17) is 5.73 Å². The molecular formula is C14H12FN3S. The van der Waals surface area contributed by atoms with E-state index in [1.54, 1.807) is 17.8 Å². The Morgan fingerprint density at radius 1 is 1.21 bits per heavy atom. The first kappa shape index (κ1) is 12.0. The Morgan fingerprint density at radius 3 is 2.95 bits per heavy atom. The molecular weight excluding hydrogens is 261 g/mol. The van der Waals surface area contributed by atoms with Gasteiger partial charge in [-0.25, -0.2) is 9.37 Å². The molecule has 0 amide bonds. The van der Waals surface area contributed by atoms with E-state index in [2.05, 4.69) is 9.97 Å². The topological polar surface area (TPSA) is 54.7 Å². The standard InChI is InChI=1S/C14H12FN3S/c15-9-2-1-3-11(6-9)19-8-14-17-12-5-4-10(16)7-13(12)18-14/h1-7H,8,16H2,(H,17,18). The number of aromatic amines is 1. The molecule has 19 heavy (non-hydrogen) atoms. The van der Waals surface area contributed by atoms with Crippen LogP contribution in [-0.4, -0.2) is 9.97 Å². The summed E-state index contributed by atoms with van der Waals surface area (Å²) in [6.45, 7) is 0. The number of aromatic nitrogens is 2. The summed E-state index contributed by atoms with van der Waals surface area (Å²) in [4.78, 5) is 8.57. The fourth-order valence-corrected chi connectivity index (χ4v) is 2.67. The Hall–Kier alpha value is -2.01. The summed E-state index contributed by atoms with van der Waals surface area (Å²) in [5.74, 6) is 1.30. The maximum absolute atomic E-state index is 13.1. The number of benzene rings is 2. The van der Waals surface area contributed by atoms with Crippen LogP contribution in [0.15, 0.2) is 47.4 Å². The van der Waals surface area contributed by atoms with Crippen LogP contribution in [0.3, 0.4) is 0 Å². The number of nitrogens with one attached hydrogen (secondary N) is 1. The molecule has 0 aliphatic carbocycles. The Balaban J connectivity index is 1.78. The number of imidazole rings is 1. The van der Waals surface area contributed by atoms with Gasteiger partial charge in [0.1, 0.15) is 11.6 Å². The summed E-state index contributed by atoms with van der Waals surface area (Å²) in [6.07, 6.45) is 0. The van der Waals surface area contributed by atoms with Crippen molar-refractivity contribution in [3.63, 3.8) is 0 Å². The summed E-state index contributed by atoms with van der Waals surface area (Å²) in [7, 11) is 0. The van der Waals surface area contributed by atoms with Crippen LogP contribution in [0, 0.1) is 5.82 Å². The number of halogens is 1. The molecule has 3 N–H and O–H groups in total. The molecule has 0 saturated heterocycles. The fourth-order valence-electron chi connectivity index (χ4n) is 1.86. The second kappa shape index (κ2) is 4.93. The molecule has 3 rings (SSSR count). The highest BCUT2D eigenvalue weighted by Gasteiger charge is 2.04. The number of hydrogen-bond donors (Lipinski definition) is 2. The number of rotatable bonds is 3. The number of anilines is 1. The largest absolute Gasteiger partial charge is 0.399 e. The van der Waals surface area contributed by atoms with Crippen LogP contribution in [0.4, 0.5) is 10.1 Å². The molecule has 0 bridgehead atoms. The van der Waals surface area contributed by atoms with Gasteiger partial charge in [-0.15, -0.1) is 11.8 Å². The second-order valence-electron chi connectivity index (χ2n) is 4.21. The minimum atomic E-state index is -0.220. The van der Waals surface area contributed by atoms with E-state index in [1.165, 1.54) is 12.1 Å². The minimum Gasteiger partial charge on any atom is -0.399 e. The molecule has 0 atom stereocenters. The predicted molar refractivity (Wildman–Crippen MR) is 76.5 cm³/mol. The zero-order valence-electron chi connectivity index (χ0n) is 10.1. The average Bonchev–Trinajstić information content (AvgIpc) is 2.78. The Kier molecular flexibility index (Phi) is 3.13. The number of thioether (sulfide) groups is 1. The van der Waals surface area contributed by atoms with Gasteiger partial charge >= 0.3 is 0 Å². The second-order valence-corrected chi connectivity index (χ2v) is 5.25. The molecule has 0 radical (unpaired) electrons. The molecule has 0 aliphatic heterocycles. The van der Waals surface area contributed by atoms with Crippen molar-refractivity contribution in [1.82, 2.24) is 9.97 Å². The molecule has 0 aliphatic rings. The summed E-state index contributed by atoms with van der Waals surface area (Å²) >= 11 is 1.54. The number of fused-ring (bicyclic) bond motifs is 1. The summed E-state index contributed by atoms with van der Waals surface area (Å²) in [5, 5.41) is 0. The first-order valence-corrected chi connectivity index (χ1v) is 6.82. The Labute approximate surface area is 114 Å². The molecule has 0 spiro atoms. The van der Waals surface area contributed by atoms with Crippen molar-refractivity contribution in [3.8, 4) is 0 Å². The smallest absolute Gasteiger partial charge is 0.124 e. The zero-order chi connectivity index (χ0) is 13.2. The number of nitrogens with two attached hydrogens (primary N) is 1. The Morgan fingerprint density at radius 2 is 2.11 bits per heavy atom. The first-order valence-electron chi connectivity index (χ1n) is 5.83. The number of nitrogen functional groups attached to an aromatic ring is 1. The van der Waals surface area contributed by atoms with Gasteiger partial charge in [0.15, 0.2) is 0 Å². The normalized spacial score (nSPS) is 11.0. The summed E-state index contributed by atoms with van der Waals surface area (Å²) < 4.78 is 13.1. The summed E-state index contributed by atoms with van der Waals surface area (Å²) in [6, 6.07) is 12.1. The van der Waals surface area contributed by atoms with Gasteiger partial charge < -0.3 is 10.7 Å². The molecule has 96 valence electrons. The highest BCUT2D eigenvalue weighted by molar-refractivity contribution is 7.98. The average molecular weight is 273 g/mol. The molecule has 3 nitrogen and oxygen atoms in total. The third-order valence-corrected chi connectivity index (χ3v) is 3.73. The molecule has 1 heterocycles. The van der Waals surface area contributed by atoms with E-state index in [9.17, 15) is 4.39 Å². The van der Waals surface area contributed by atoms with Gasteiger partial charge in [0.2, 0.25) is 0 Å². The van der Waals surface area contributed by atoms with Gasteiger partial charge in [-0.05, 0) is 36.4 Å². The van der Waals surface area contributed by atoms with Crippen LogP contribution in [-0.2, 0) is 5.75 Å². The van der Waals surface area contributed by atoms with Gasteiger partial charge in [-0.2, -0.15) is 0 Å². The molecule has 0 saturated carbocycles. The fraction of sp³-hybridized carbons (Fsp3) is 0.0714. The quantitative estimate of drug-likeness (QED) is 0.566. The maximum Gasteiger partial charge on any atom is 0.124 e. The lowest BCUT2D eigenvalue weighted by Crippen LogP contribution is -1.84. The van der Waals surface area contributed by atoms with Crippen LogP contribution in [0.1, 0.15) is 5.82 Å². The lowest BCUT2D eigenvalue weighted by Gasteiger charge is -1.98. The zero-order valence-corrected chi connectivity index (χ0v) is 10.9. The lowest BCUT2D eigenvalue weighted by atomic mass is 10.3. The van der Waals surface area contributed by atoms with Gasteiger partial charge in [-0.3, -0.25) is 0 Å². The van der Waals surface area contributed by atoms with E-state index in [-0.39, 0.29) is 5.82 Å². The van der Waals surface area contributed by atoms with Crippen molar-refractivity contribution in [2.45, 2.75) is 10.6 Å². The van der Waals surface area contributed by atoms with Gasteiger partial charge in [0, 0.05) is 10.6 Å². The highest BCUT2D eigenvalue weighted by Crippen LogP contribution is 2.23. The Bertz CT molecular complexity index is 724. The van der Waals surface area contributed by atoms with Crippen LogP contribution >= 0.6 is 11.8 Å². The number of nitrogens with zero attached hydrogens (tertiary/aromatic N) is 1. The van der Waals surface area contributed by atoms with Crippen molar-refractivity contribution in [2.24, 2.45) is 0 Å². The van der Waals surface area contributed by atoms with E-state index in [0.717, 1.165) is 21.8 Å². The molecule has 3 aromatic rings. The molecule has 5 heteroatoms. The number of hydrogen-bond acceptors (Lipinski definition) is 3. The monoisotopic (exact) mass is 273 g/mol. The molecule has 0 unspecified atom stereocenters. The molecule has 1 aromatic heterocycles. The maximum atomic E-state index is 13.1. The van der Waals surface area contributed by atoms with E-state index < -0.39 is 0 Å². The van der Waals surface area contributed by atoms with Crippen molar-refractivity contribution >= 4 is 28.5 Å². The SMILES string of the molecule is Nc1ccc2nc(CSc3cccc(F)c3)[nH]c2c1. The van der Waals surface area contributed by atoms with Crippen LogP contribution < -0.4 is 5.73 Å². The van der Waals surface area contributed by atoms with E-state index in [1.807, 2.05) is 24.3 Å². The summed E-state index contributed by atoms with van der Waals surface area (Å²) in [5.41, 5.74) is 8.25.